The van der Waals surface area contributed by atoms with Crippen LogP contribution in [0.15, 0.2) is 55.1 Å². The molecule has 8 heteroatoms. The quantitative estimate of drug-likeness (QED) is 0.506. The van der Waals surface area contributed by atoms with Gasteiger partial charge in [0.15, 0.2) is 0 Å². The largest absolute Gasteiger partial charge is 0.377 e. The molecule has 184 valence electrons. The van der Waals surface area contributed by atoms with Gasteiger partial charge in [-0.05, 0) is 50.5 Å². The molecule has 4 rings (SSSR count). The molecule has 3 heterocycles. The van der Waals surface area contributed by atoms with Gasteiger partial charge in [0.25, 0.3) is 11.8 Å². The molecule has 0 unspecified atom stereocenters. The third kappa shape index (κ3) is 5.88. The van der Waals surface area contributed by atoms with Crippen molar-refractivity contribution in [2.75, 3.05) is 38.6 Å². The molecule has 2 aromatic heterocycles. The Morgan fingerprint density at radius 1 is 1.09 bits per heavy atom. The molecule has 0 spiro atoms. The summed E-state index contributed by atoms with van der Waals surface area (Å²) in [5.41, 5.74) is 4.03. The number of hydrogen-bond donors (Lipinski definition) is 1. The van der Waals surface area contributed by atoms with Crippen LogP contribution >= 0.6 is 0 Å². The predicted molar refractivity (Wildman–Crippen MR) is 137 cm³/mol. The summed E-state index contributed by atoms with van der Waals surface area (Å²) in [5, 5.41) is 3.04. The molecule has 2 amide bonds. The van der Waals surface area contributed by atoms with E-state index < -0.39 is 0 Å². The number of amides is 2. The summed E-state index contributed by atoms with van der Waals surface area (Å²) in [4.78, 5) is 38.9. The van der Waals surface area contributed by atoms with E-state index in [1.807, 2.05) is 78.0 Å². The number of hydrogen-bond acceptors (Lipinski definition) is 5. The smallest absolute Gasteiger partial charge is 0.255 e. The predicted octanol–water partition coefficient (Wildman–Crippen LogP) is 3.49. The van der Waals surface area contributed by atoms with Gasteiger partial charge in [0, 0.05) is 70.0 Å². The summed E-state index contributed by atoms with van der Waals surface area (Å²) >= 11 is 0. The minimum absolute atomic E-state index is 0.0563. The highest BCUT2D eigenvalue weighted by molar-refractivity contribution is 6.00. The molecule has 1 aliphatic heterocycles. The first-order valence-corrected chi connectivity index (χ1v) is 12.2. The summed E-state index contributed by atoms with van der Waals surface area (Å²) in [6.07, 6.45) is 7.84. The number of aryl methyl sites for hydroxylation is 2. The topological polar surface area (TPSA) is 83.4 Å². The van der Waals surface area contributed by atoms with E-state index >= 15 is 0 Å². The molecule has 0 bridgehead atoms. The lowest BCUT2D eigenvalue weighted by molar-refractivity contribution is 0.0711. The molecule has 0 atom stereocenters. The molecular weight excluding hydrogens is 440 g/mol. The summed E-state index contributed by atoms with van der Waals surface area (Å²) in [7, 11) is 3.90. The number of nitrogens with zero attached hydrogens (tertiary/aromatic N) is 5. The number of aromatic nitrogens is 3. The van der Waals surface area contributed by atoms with E-state index in [9.17, 15) is 9.59 Å². The Hall–Kier alpha value is -3.68. The van der Waals surface area contributed by atoms with E-state index in [-0.39, 0.29) is 17.7 Å². The van der Waals surface area contributed by atoms with Crippen molar-refractivity contribution in [1.82, 2.24) is 24.8 Å². The maximum Gasteiger partial charge on any atom is 0.255 e. The SMILES string of the molecule is Cc1ccc(C(=O)NCCCn2ccnc2)c(C2CCN(C(=O)c3ccccc3N(C)C)CC2)n1. The van der Waals surface area contributed by atoms with Crippen LogP contribution in [0.25, 0.3) is 0 Å². The van der Waals surface area contributed by atoms with Gasteiger partial charge < -0.3 is 19.7 Å². The van der Waals surface area contributed by atoms with Crippen molar-refractivity contribution in [2.24, 2.45) is 0 Å². The van der Waals surface area contributed by atoms with Gasteiger partial charge >= 0.3 is 0 Å². The number of rotatable bonds is 8. The van der Waals surface area contributed by atoms with Crippen molar-refractivity contribution in [3.63, 3.8) is 0 Å². The third-order valence-corrected chi connectivity index (χ3v) is 6.53. The van der Waals surface area contributed by atoms with Crippen molar-refractivity contribution in [3.8, 4) is 0 Å². The van der Waals surface area contributed by atoms with Crippen molar-refractivity contribution in [3.05, 3.63) is 77.6 Å². The first kappa shape index (κ1) is 24.4. The van der Waals surface area contributed by atoms with Gasteiger partial charge in [-0.1, -0.05) is 12.1 Å². The van der Waals surface area contributed by atoms with E-state index in [4.69, 9.17) is 4.98 Å². The number of piperidine rings is 1. The van der Waals surface area contributed by atoms with Gasteiger partial charge in [-0.2, -0.15) is 0 Å². The van der Waals surface area contributed by atoms with Crippen LogP contribution in [0.2, 0.25) is 0 Å². The summed E-state index contributed by atoms with van der Waals surface area (Å²) in [5.74, 6) is 0.118. The van der Waals surface area contributed by atoms with Crippen molar-refractivity contribution in [1.29, 1.82) is 0 Å². The first-order chi connectivity index (χ1) is 16.9. The molecule has 0 radical (unpaired) electrons. The lowest BCUT2D eigenvalue weighted by Crippen LogP contribution is -2.39. The first-order valence-electron chi connectivity index (χ1n) is 12.2. The zero-order chi connectivity index (χ0) is 24.8. The van der Waals surface area contributed by atoms with Gasteiger partial charge in [-0.15, -0.1) is 0 Å². The van der Waals surface area contributed by atoms with Gasteiger partial charge in [0.2, 0.25) is 0 Å². The Kier molecular flexibility index (Phi) is 7.80. The van der Waals surface area contributed by atoms with E-state index in [0.717, 1.165) is 48.4 Å². The molecule has 0 aliphatic carbocycles. The van der Waals surface area contributed by atoms with Gasteiger partial charge in [-0.3, -0.25) is 14.6 Å². The fourth-order valence-corrected chi connectivity index (χ4v) is 4.63. The van der Waals surface area contributed by atoms with Crippen molar-refractivity contribution in [2.45, 2.75) is 38.6 Å². The zero-order valence-electron chi connectivity index (χ0n) is 20.8. The van der Waals surface area contributed by atoms with Crippen LogP contribution in [0.3, 0.4) is 0 Å². The second-order valence-corrected chi connectivity index (χ2v) is 9.27. The molecular formula is C27H34N6O2. The van der Waals surface area contributed by atoms with Gasteiger partial charge in [-0.25, -0.2) is 4.98 Å². The monoisotopic (exact) mass is 474 g/mol. The summed E-state index contributed by atoms with van der Waals surface area (Å²) < 4.78 is 2.00. The molecule has 1 aliphatic rings. The van der Waals surface area contributed by atoms with Crippen molar-refractivity contribution >= 4 is 17.5 Å². The minimum atomic E-state index is -0.0865. The van der Waals surface area contributed by atoms with Crippen LogP contribution in [0.1, 0.15) is 57.3 Å². The number of carbonyl (C=O) groups excluding carboxylic acids is 2. The third-order valence-electron chi connectivity index (χ3n) is 6.53. The van der Waals surface area contributed by atoms with E-state index in [0.29, 0.717) is 25.2 Å². The molecule has 35 heavy (non-hydrogen) atoms. The Balaban J connectivity index is 1.39. The average molecular weight is 475 g/mol. The van der Waals surface area contributed by atoms with Crippen LogP contribution < -0.4 is 10.2 Å². The number of benzene rings is 1. The average Bonchev–Trinajstić information content (AvgIpc) is 3.40. The Labute approximate surface area is 207 Å². The van der Waals surface area contributed by atoms with Crippen molar-refractivity contribution < 1.29 is 9.59 Å². The highest BCUT2D eigenvalue weighted by Gasteiger charge is 2.29. The number of para-hydroxylation sites is 1. The fourth-order valence-electron chi connectivity index (χ4n) is 4.63. The minimum Gasteiger partial charge on any atom is -0.377 e. The van der Waals surface area contributed by atoms with Gasteiger partial charge in [0.05, 0.1) is 23.1 Å². The molecule has 1 saturated heterocycles. The molecule has 1 aromatic carbocycles. The number of anilines is 1. The second kappa shape index (κ2) is 11.2. The number of pyridine rings is 1. The number of carbonyl (C=O) groups is 2. The van der Waals surface area contributed by atoms with E-state index in [2.05, 4.69) is 10.3 Å². The number of likely N-dealkylation sites (tertiary alicyclic amines) is 1. The summed E-state index contributed by atoms with van der Waals surface area (Å²) in [6, 6.07) is 11.5. The van der Waals surface area contributed by atoms with Crippen LogP contribution in [-0.2, 0) is 6.54 Å². The normalized spacial score (nSPS) is 14.1. The highest BCUT2D eigenvalue weighted by Crippen LogP contribution is 2.31. The maximum atomic E-state index is 13.2. The number of nitrogens with one attached hydrogen (secondary N) is 1. The second-order valence-electron chi connectivity index (χ2n) is 9.27. The fraction of sp³-hybridized carbons (Fsp3) is 0.407. The van der Waals surface area contributed by atoms with Crippen LogP contribution in [0.4, 0.5) is 5.69 Å². The van der Waals surface area contributed by atoms with Crippen LogP contribution in [0, 0.1) is 6.92 Å². The highest BCUT2D eigenvalue weighted by atomic mass is 16.2. The number of imidazole rings is 1. The Morgan fingerprint density at radius 2 is 1.86 bits per heavy atom. The van der Waals surface area contributed by atoms with Gasteiger partial charge in [0.1, 0.15) is 0 Å². The van der Waals surface area contributed by atoms with Crippen LogP contribution in [-0.4, -0.2) is 65.0 Å². The standard InChI is InChI=1S/C27H34N6O2/c1-20-9-10-23(26(34)29-13-6-15-32-18-14-28-19-32)25(30-20)21-11-16-33(17-12-21)27(35)22-7-4-5-8-24(22)31(2)3/h4-5,7-10,14,18-19,21H,6,11-13,15-17H2,1-3H3,(H,29,34). The van der Waals surface area contributed by atoms with Crippen LogP contribution in [0.5, 0.6) is 0 Å². The lowest BCUT2D eigenvalue weighted by atomic mass is 9.89. The lowest BCUT2D eigenvalue weighted by Gasteiger charge is -2.33. The molecule has 3 aromatic rings. The maximum absolute atomic E-state index is 13.2. The molecule has 1 fully saturated rings. The Morgan fingerprint density at radius 3 is 2.57 bits per heavy atom. The molecule has 0 saturated carbocycles. The van der Waals surface area contributed by atoms with E-state index in [1.54, 1.807) is 12.5 Å². The molecule has 1 N–H and O–H groups in total. The summed E-state index contributed by atoms with van der Waals surface area (Å²) in [6.45, 7) is 4.64. The Bertz CT molecular complexity index is 1150. The van der Waals surface area contributed by atoms with E-state index in [1.165, 1.54) is 0 Å². The molecule has 8 nitrogen and oxygen atoms in total. The zero-order valence-corrected chi connectivity index (χ0v) is 20.8.